The van der Waals surface area contributed by atoms with Crippen molar-refractivity contribution in [3.05, 3.63) is 84.4 Å². The quantitative estimate of drug-likeness (QED) is 0.787. The largest absolute Gasteiger partial charge is 0.294 e. The van der Waals surface area contributed by atoms with Crippen molar-refractivity contribution in [3.63, 3.8) is 0 Å². The van der Waals surface area contributed by atoms with Gasteiger partial charge in [-0.3, -0.25) is 15.1 Å². The first-order chi connectivity index (χ1) is 11.3. The van der Waals surface area contributed by atoms with E-state index in [-0.39, 0.29) is 11.8 Å². The van der Waals surface area contributed by atoms with Crippen molar-refractivity contribution < 1.29 is 4.79 Å². The first kappa shape index (κ1) is 14.8. The molecule has 5 heteroatoms. The van der Waals surface area contributed by atoms with Gasteiger partial charge in [-0.1, -0.05) is 36.4 Å². The van der Waals surface area contributed by atoms with Crippen LogP contribution in [0.2, 0.25) is 0 Å². The molecule has 5 nitrogen and oxygen atoms in total. The van der Waals surface area contributed by atoms with Gasteiger partial charge in [0.2, 0.25) is 11.9 Å². The van der Waals surface area contributed by atoms with E-state index in [1.54, 1.807) is 30.9 Å². The summed E-state index contributed by atoms with van der Waals surface area (Å²) >= 11 is 0. The molecule has 2 heterocycles. The molecular formula is C18H16N4O. The molecule has 3 aromatic rings. The number of benzene rings is 1. The highest BCUT2D eigenvalue weighted by atomic mass is 16.2. The molecular weight excluding hydrogens is 288 g/mol. The lowest BCUT2D eigenvalue weighted by Gasteiger charge is -2.16. The summed E-state index contributed by atoms with van der Waals surface area (Å²) in [7, 11) is 0. The number of amides is 1. The Labute approximate surface area is 134 Å². The maximum absolute atomic E-state index is 12.7. The van der Waals surface area contributed by atoms with Crippen LogP contribution in [-0.4, -0.2) is 20.9 Å². The van der Waals surface area contributed by atoms with Crippen molar-refractivity contribution in [1.29, 1.82) is 0 Å². The van der Waals surface area contributed by atoms with E-state index in [0.717, 1.165) is 11.1 Å². The van der Waals surface area contributed by atoms with Gasteiger partial charge in [0.05, 0.1) is 5.92 Å². The van der Waals surface area contributed by atoms with Gasteiger partial charge in [0.15, 0.2) is 0 Å². The van der Waals surface area contributed by atoms with E-state index in [0.29, 0.717) is 12.4 Å². The Morgan fingerprint density at radius 3 is 2.43 bits per heavy atom. The van der Waals surface area contributed by atoms with E-state index in [2.05, 4.69) is 20.3 Å². The zero-order chi connectivity index (χ0) is 15.9. The maximum atomic E-state index is 12.7. The van der Waals surface area contributed by atoms with Crippen LogP contribution in [0, 0.1) is 0 Å². The minimum Gasteiger partial charge on any atom is -0.294 e. The number of rotatable bonds is 5. The standard InChI is InChI=1S/C18H16N4O/c23-17(22-18-20-10-5-11-21-18)16(15-7-2-1-3-8-15)12-14-6-4-9-19-13-14/h1-11,13,16H,12H2,(H,20,21,22,23). The number of carbonyl (C=O) groups is 1. The van der Waals surface area contributed by atoms with Crippen molar-refractivity contribution in [2.45, 2.75) is 12.3 Å². The first-order valence-electron chi connectivity index (χ1n) is 7.34. The van der Waals surface area contributed by atoms with Crippen molar-refractivity contribution in [3.8, 4) is 0 Å². The number of carbonyl (C=O) groups excluding carboxylic acids is 1. The molecule has 0 radical (unpaired) electrons. The lowest BCUT2D eigenvalue weighted by molar-refractivity contribution is -0.117. The minimum absolute atomic E-state index is 0.133. The van der Waals surface area contributed by atoms with E-state index >= 15 is 0 Å². The van der Waals surface area contributed by atoms with Crippen LogP contribution in [0.15, 0.2) is 73.3 Å². The summed E-state index contributed by atoms with van der Waals surface area (Å²) < 4.78 is 0. The third kappa shape index (κ3) is 3.97. The zero-order valence-corrected chi connectivity index (χ0v) is 12.5. The predicted molar refractivity (Wildman–Crippen MR) is 87.8 cm³/mol. The molecule has 0 fully saturated rings. The molecule has 1 unspecified atom stereocenters. The third-order valence-corrected chi connectivity index (χ3v) is 3.48. The molecule has 2 aromatic heterocycles. The number of nitrogens with zero attached hydrogens (tertiary/aromatic N) is 3. The molecule has 23 heavy (non-hydrogen) atoms. The zero-order valence-electron chi connectivity index (χ0n) is 12.5. The van der Waals surface area contributed by atoms with Crippen LogP contribution in [-0.2, 0) is 11.2 Å². The van der Waals surface area contributed by atoms with E-state index < -0.39 is 0 Å². The highest BCUT2D eigenvalue weighted by Crippen LogP contribution is 2.22. The SMILES string of the molecule is O=C(Nc1ncccn1)C(Cc1cccnc1)c1ccccc1. The van der Waals surface area contributed by atoms with Crippen LogP contribution >= 0.6 is 0 Å². The second kappa shape index (κ2) is 7.26. The van der Waals surface area contributed by atoms with E-state index in [1.807, 2.05) is 42.5 Å². The molecule has 1 amide bonds. The summed E-state index contributed by atoms with van der Waals surface area (Å²) in [4.78, 5) is 24.9. The summed E-state index contributed by atoms with van der Waals surface area (Å²) in [6.45, 7) is 0. The molecule has 1 aromatic carbocycles. The lowest BCUT2D eigenvalue weighted by atomic mass is 9.92. The number of aromatic nitrogens is 3. The molecule has 1 N–H and O–H groups in total. The fourth-order valence-corrected chi connectivity index (χ4v) is 2.36. The van der Waals surface area contributed by atoms with Crippen LogP contribution in [0.5, 0.6) is 0 Å². The first-order valence-corrected chi connectivity index (χ1v) is 7.34. The fraction of sp³-hybridized carbons (Fsp3) is 0.111. The Morgan fingerprint density at radius 1 is 0.957 bits per heavy atom. The Morgan fingerprint density at radius 2 is 1.74 bits per heavy atom. The van der Waals surface area contributed by atoms with Gasteiger partial charge >= 0.3 is 0 Å². The smallest absolute Gasteiger partial charge is 0.234 e. The van der Waals surface area contributed by atoms with Gasteiger partial charge in [-0.05, 0) is 29.7 Å². The summed E-state index contributed by atoms with van der Waals surface area (Å²) in [5.74, 6) is -0.153. The molecule has 0 aliphatic rings. The third-order valence-electron chi connectivity index (χ3n) is 3.48. The van der Waals surface area contributed by atoms with E-state index in [9.17, 15) is 4.79 Å². The summed E-state index contributed by atoms with van der Waals surface area (Å²) in [6.07, 6.45) is 7.26. The molecule has 0 bridgehead atoms. The Bertz CT molecular complexity index is 748. The summed E-state index contributed by atoms with van der Waals surface area (Å²) in [6, 6.07) is 15.2. The van der Waals surface area contributed by atoms with Gasteiger partial charge in [0.25, 0.3) is 0 Å². The Kier molecular flexibility index (Phi) is 4.69. The number of anilines is 1. The number of nitrogens with one attached hydrogen (secondary N) is 1. The van der Waals surface area contributed by atoms with Crippen LogP contribution in [0.1, 0.15) is 17.0 Å². The monoisotopic (exact) mass is 304 g/mol. The summed E-state index contributed by atoms with van der Waals surface area (Å²) in [5, 5.41) is 2.78. The maximum Gasteiger partial charge on any atom is 0.234 e. The highest BCUT2D eigenvalue weighted by molar-refractivity contribution is 5.94. The van der Waals surface area contributed by atoms with Gasteiger partial charge in [-0.25, -0.2) is 9.97 Å². The second-order valence-corrected chi connectivity index (χ2v) is 5.09. The topological polar surface area (TPSA) is 67.8 Å². The van der Waals surface area contributed by atoms with Crippen LogP contribution in [0.3, 0.4) is 0 Å². The molecule has 0 aliphatic carbocycles. The number of hydrogen-bond donors (Lipinski definition) is 1. The molecule has 0 saturated heterocycles. The van der Waals surface area contributed by atoms with E-state index in [4.69, 9.17) is 0 Å². The predicted octanol–water partition coefficient (Wildman–Crippen LogP) is 2.84. The van der Waals surface area contributed by atoms with E-state index in [1.165, 1.54) is 0 Å². The normalized spacial score (nSPS) is 11.7. The number of hydrogen-bond acceptors (Lipinski definition) is 4. The second-order valence-electron chi connectivity index (χ2n) is 5.09. The van der Waals surface area contributed by atoms with Gasteiger partial charge in [0, 0.05) is 24.8 Å². The highest BCUT2D eigenvalue weighted by Gasteiger charge is 2.21. The molecule has 1 atom stereocenters. The molecule has 114 valence electrons. The van der Waals surface area contributed by atoms with Crippen molar-refractivity contribution in [1.82, 2.24) is 15.0 Å². The molecule has 0 spiro atoms. The Balaban J connectivity index is 1.84. The summed E-state index contributed by atoms with van der Waals surface area (Å²) in [5.41, 5.74) is 1.95. The minimum atomic E-state index is -0.329. The van der Waals surface area contributed by atoms with Gasteiger partial charge < -0.3 is 0 Å². The van der Waals surface area contributed by atoms with Crippen LogP contribution < -0.4 is 5.32 Å². The average Bonchev–Trinajstić information content (AvgIpc) is 2.62. The van der Waals surface area contributed by atoms with Crippen molar-refractivity contribution in [2.75, 3.05) is 5.32 Å². The molecule has 0 saturated carbocycles. The average molecular weight is 304 g/mol. The lowest BCUT2D eigenvalue weighted by Crippen LogP contribution is -2.24. The Hall–Kier alpha value is -3.08. The molecule has 3 rings (SSSR count). The molecule has 0 aliphatic heterocycles. The van der Waals surface area contributed by atoms with Crippen molar-refractivity contribution >= 4 is 11.9 Å². The van der Waals surface area contributed by atoms with Gasteiger partial charge in [0.1, 0.15) is 0 Å². The van der Waals surface area contributed by atoms with Crippen molar-refractivity contribution in [2.24, 2.45) is 0 Å². The van der Waals surface area contributed by atoms with Crippen LogP contribution in [0.25, 0.3) is 0 Å². The van der Waals surface area contributed by atoms with Crippen LogP contribution in [0.4, 0.5) is 5.95 Å². The van der Waals surface area contributed by atoms with Gasteiger partial charge in [-0.2, -0.15) is 0 Å². The number of pyridine rings is 1. The fourth-order valence-electron chi connectivity index (χ4n) is 2.36. The van der Waals surface area contributed by atoms with Gasteiger partial charge in [-0.15, -0.1) is 0 Å².